The Bertz CT molecular complexity index is 536. The highest BCUT2D eigenvalue weighted by molar-refractivity contribution is 7.90. The molecule has 1 rings (SSSR count). The number of hydrogen-bond acceptors (Lipinski definition) is 2. The fourth-order valence-electron chi connectivity index (χ4n) is 2.83. The minimum Gasteiger partial charge on any atom is -0.282 e. The van der Waals surface area contributed by atoms with Gasteiger partial charge in [-0.3, -0.25) is 4.55 Å². The maximum atomic E-state index is 11.5. The normalized spacial score (nSPS) is 21.3. The molecule has 1 aliphatic carbocycles. The van der Waals surface area contributed by atoms with E-state index in [1.54, 1.807) is 12.2 Å². The second-order valence-corrected chi connectivity index (χ2v) is 8.37. The molecule has 0 saturated carbocycles. The van der Waals surface area contributed by atoms with Gasteiger partial charge >= 0.3 is 0 Å². The first-order valence-corrected chi connectivity index (χ1v) is 9.06. The second kappa shape index (κ2) is 6.93. The van der Waals surface area contributed by atoms with Crippen molar-refractivity contribution in [2.75, 3.05) is 0 Å². The van der Waals surface area contributed by atoms with Crippen LogP contribution >= 0.6 is 0 Å². The van der Waals surface area contributed by atoms with Gasteiger partial charge in [0.25, 0.3) is 10.1 Å². The van der Waals surface area contributed by atoms with Crippen molar-refractivity contribution >= 4 is 10.1 Å². The minimum absolute atomic E-state index is 0.00170. The molecule has 0 aromatic carbocycles. The SMILES string of the molecule is CCC(C)(C)C(CC(C)C)C1C=CC=CC(S(=O)(=O)O)=C1. The van der Waals surface area contributed by atoms with Crippen LogP contribution in [-0.2, 0) is 10.1 Å². The van der Waals surface area contributed by atoms with Crippen molar-refractivity contribution in [1.82, 2.24) is 0 Å². The summed E-state index contributed by atoms with van der Waals surface area (Å²) >= 11 is 0. The van der Waals surface area contributed by atoms with Crippen LogP contribution in [-0.4, -0.2) is 13.0 Å². The zero-order valence-electron chi connectivity index (χ0n) is 13.7. The van der Waals surface area contributed by atoms with E-state index in [0.717, 1.165) is 12.8 Å². The summed E-state index contributed by atoms with van der Waals surface area (Å²) in [6.07, 6.45) is 10.8. The van der Waals surface area contributed by atoms with Crippen molar-refractivity contribution in [3.63, 3.8) is 0 Å². The first-order chi connectivity index (χ1) is 9.58. The summed E-state index contributed by atoms with van der Waals surface area (Å²) in [4.78, 5) is -0.00170. The van der Waals surface area contributed by atoms with E-state index in [-0.39, 0.29) is 16.2 Å². The van der Waals surface area contributed by atoms with Gasteiger partial charge in [0.15, 0.2) is 0 Å². The third kappa shape index (κ3) is 5.11. The highest BCUT2D eigenvalue weighted by Crippen LogP contribution is 2.42. The van der Waals surface area contributed by atoms with Gasteiger partial charge in [-0.05, 0) is 35.7 Å². The Morgan fingerprint density at radius 1 is 1.29 bits per heavy atom. The molecule has 0 heterocycles. The molecule has 2 atom stereocenters. The number of rotatable bonds is 6. The highest BCUT2D eigenvalue weighted by Gasteiger charge is 2.33. The van der Waals surface area contributed by atoms with Crippen molar-refractivity contribution in [1.29, 1.82) is 0 Å². The van der Waals surface area contributed by atoms with E-state index in [0.29, 0.717) is 11.8 Å². The molecule has 1 aliphatic rings. The van der Waals surface area contributed by atoms with Gasteiger partial charge in [0, 0.05) is 0 Å². The van der Waals surface area contributed by atoms with Gasteiger partial charge in [0.1, 0.15) is 0 Å². The lowest BCUT2D eigenvalue weighted by Gasteiger charge is -2.38. The third-order valence-electron chi connectivity index (χ3n) is 4.46. The molecule has 0 spiro atoms. The Morgan fingerprint density at radius 2 is 1.90 bits per heavy atom. The average Bonchev–Trinajstić information content (AvgIpc) is 2.60. The van der Waals surface area contributed by atoms with Crippen molar-refractivity contribution in [2.24, 2.45) is 23.2 Å². The summed E-state index contributed by atoms with van der Waals surface area (Å²) in [7, 11) is -4.16. The maximum absolute atomic E-state index is 11.5. The smallest absolute Gasteiger partial charge is 0.282 e. The average molecular weight is 312 g/mol. The predicted octanol–water partition coefficient (Wildman–Crippen LogP) is 4.60. The van der Waals surface area contributed by atoms with Crippen LogP contribution in [0.1, 0.15) is 47.5 Å². The Labute approximate surface area is 129 Å². The van der Waals surface area contributed by atoms with E-state index in [4.69, 9.17) is 0 Å². The van der Waals surface area contributed by atoms with Crippen LogP contribution in [0.2, 0.25) is 0 Å². The summed E-state index contributed by atoms with van der Waals surface area (Å²) < 4.78 is 32.2. The van der Waals surface area contributed by atoms with Crippen molar-refractivity contribution in [3.8, 4) is 0 Å². The lowest BCUT2D eigenvalue weighted by Crippen LogP contribution is -2.30. The second-order valence-electron chi connectivity index (χ2n) is 6.94. The van der Waals surface area contributed by atoms with Crippen LogP contribution in [0, 0.1) is 23.2 Å². The molecule has 2 unspecified atom stereocenters. The molecule has 0 fully saturated rings. The molecule has 0 bridgehead atoms. The van der Waals surface area contributed by atoms with E-state index in [1.165, 1.54) is 6.08 Å². The summed E-state index contributed by atoms with van der Waals surface area (Å²) in [6.45, 7) is 11.0. The first-order valence-electron chi connectivity index (χ1n) is 7.62. The Hall–Kier alpha value is -0.870. The molecule has 0 aliphatic heterocycles. The largest absolute Gasteiger partial charge is 0.294 e. The third-order valence-corrected chi connectivity index (χ3v) is 5.33. The van der Waals surface area contributed by atoms with Gasteiger partial charge in [0.2, 0.25) is 0 Å². The van der Waals surface area contributed by atoms with Crippen LogP contribution in [0.5, 0.6) is 0 Å². The van der Waals surface area contributed by atoms with Crippen molar-refractivity contribution in [2.45, 2.75) is 47.5 Å². The fourth-order valence-corrected chi connectivity index (χ4v) is 3.41. The zero-order chi connectivity index (χ0) is 16.3. The molecule has 0 saturated heterocycles. The molecule has 0 aromatic heterocycles. The van der Waals surface area contributed by atoms with Crippen LogP contribution < -0.4 is 0 Å². The molecule has 1 N–H and O–H groups in total. The van der Waals surface area contributed by atoms with Gasteiger partial charge < -0.3 is 0 Å². The molecule has 0 radical (unpaired) electrons. The zero-order valence-corrected chi connectivity index (χ0v) is 14.5. The molecular formula is C17H28O3S. The first kappa shape index (κ1) is 18.2. The topological polar surface area (TPSA) is 54.4 Å². The lowest BCUT2D eigenvalue weighted by atomic mass is 9.67. The highest BCUT2D eigenvalue weighted by atomic mass is 32.2. The van der Waals surface area contributed by atoms with Gasteiger partial charge in [-0.25, -0.2) is 0 Å². The van der Waals surface area contributed by atoms with Gasteiger partial charge in [-0.15, -0.1) is 0 Å². The fraction of sp³-hybridized carbons (Fsp3) is 0.647. The number of hydrogen-bond donors (Lipinski definition) is 1. The van der Waals surface area contributed by atoms with Crippen LogP contribution in [0.3, 0.4) is 0 Å². The van der Waals surface area contributed by atoms with E-state index >= 15 is 0 Å². The predicted molar refractivity (Wildman–Crippen MR) is 88.4 cm³/mol. The lowest BCUT2D eigenvalue weighted by molar-refractivity contribution is 0.147. The van der Waals surface area contributed by atoms with Crippen LogP contribution in [0.4, 0.5) is 0 Å². The summed E-state index contributed by atoms with van der Waals surface area (Å²) in [5.41, 5.74) is 0.102. The standard InChI is InChI=1S/C17H28O3S/c1-6-17(4,5)16(11-13(2)3)14-9-7-8-10-15(12-14)21(18,19)20/h7-10,12-14,16H,6,11H2,1-5H3,(H,18,19,20). The van der Waals surface area contributed by atoms with E-state index in [1.807, 2.05) is 12.2 Å². The molecule has 21 heavy (non-hydrogen) atoms. The molecule has 120 valence electrons. The van der Waals surface area contributed by atoms with Crippen molar-refractivity contribution in [3.05, 3.63) is 35.3 Å². The molecule has 0 amide bonds. The monoisotopic (exact) mass is 312 g/mol. The molecule has 4 heteroatoms. The quantitative estimate of drug-likeness (QED) is 0.729. The van der Waals surface area contributed by atoms with E-state index in [9.17, 15) is 13.0 Å². The van der Waals surface area contributed by atoms with Gasteiger partial charge in [-0.2, -0.15) is 8.42 Å². The van der Waals surface area contributed by atoms with Gasteiger partial charge in [-0.1, -0.05) is 65.3 Å². The summed E-state index contributed by atoms with van der Waals surface area (Å²) in [5.74, 6) is 0.873. The number of allylic oxidation sites excluding steroid dienone is 5. The van der Waals surface area contributed by atoms with E-state index < -0.39 is 10.1 Å². The Kier molecular flexibility index (Phi) is 6.00. The summed E-state index contributed by atoms with van der Waals surface area (Å²) in [6, 6.07) is 0. The summed E-state index contributed by atoms with van der Waals surface area (Å²) in [5, 5.41) is 0. The van der Waals surface area contributed by atoms with Gasteiger partial charge in [0.05, 0.1) is 4.91 Å². The van der Waals surface area contributed by atoms with Crippen molar-refractivity contribution < 1.29 is 13.0 Å². The maximum Gasteiger partial charge on any atom is 0.294 e. The minimum atomic E-state index is -4.16. The van der Waals surface area contributed by atoms with Crippen LogP contribution in [0.25, 0.3) is 0 Å². The molecule has 3 nitrogen and oxygen atoms in total. The van der Waals surface area contributed by atoms with Crippen LogP contribution in [0.15, 0.2) is 35.3 Å². The Morgan fingerprint density at radius 3 is 2.38 bits per heavy atom. The Balaban J connectivity index is 3.23. The molecular weight excluding hydrogens is 284 g/mol. The van der Waals surface area contributed by atoms with E-state index in [2.05, 4.69) is 34.6 Å². The molecule has 0 aromatic rings.